The first kappa shape index (κ1) is 21.9. The van der Waals surface area contributed by atoms with Crippen LogP contribution in [0.1, 0.15) is 11.1 Å². The first-order valence-electron chi connectivity index (χ1n) is 9.71. The van der Waals surface area contributed by atoms with Crippen molar-refractivity contribution < 1.29 is 18.6 Å². The van der Waals surface area contributed by atoms with Gasteiger partial charge >= 0.3 is 0 Å². The lowest BCUT2D eigenvalue weighted by atomic mass is 10.1. The minimum absolute atomic E-state index is 0.272. The molecule has 0 saturated heterocycles. The lowest BCUT2D eigenvalue weighted by Gasteiger charge is -2.11. The maximum Gasteiger partial charge on any atom is 0.224 e. The van der Waals surface area contributed by atoms with E-state index in [1.807, 2.05) is 24.3 Å². The van der Waals surface area contributed by atoms with E-state index in [9.17, 15) is 4.39 Å². The van der Waals surface area contributed by atoms with E-state index in [-0.39, 0.29) is 12.4 Å². The Morgan fingerprint density at radius 3 is 2.68 bits per heavy atom. The summed E-state index contributed by atoms with van der Waals surface area (Å²) >= 11 is 0. The Balaban J connectivity index is 1.56. The molecule has 0 saturated carbocycles. The molecule has 3 rings (SSSR count). The molecule has 0 fully saturated rings. The molecular weight excluding hydrogens is 399 g/mol. The predicted molar refractivity (Wildman–Crippen MR) is 117 cm³/mol. The first-order chi connectivity index (χ1) is 15.1. The molecule has 0 spiro atoms. The van der Waals surface area contributed by atoms with Crippen LogP contribution in [0.25, 0.3) is 0 Å². The van der Waals surface area contributed by atoms with Crippen LogP contribution in [-0.4, -0.2) is 31.7 Å². The Morgan fingerprint density at radius 1 is 1.06 bits per heavy atom. The van der Waals surface area contributed by atoms with Gasteiger partial charge in [-0.15, -0.1) is 0 Å². The number of aromatic nitrogens is 1. The van der Waals surface area contributed by atoms with Gasteiger partial charge in [0.1, 0.15) is 11.6 Å². The van der Waals surface area contributed by atoms with Crippen LogP contribution in [-0.2, 0) is 13.0 Å². The molecule has 7 nitrogen and oxygen atoms in total. The van der Waals surface area contributed by atoms with Gasteiger partial charge in [-0.05, 0) is 42.3 Å². The quantitative estimate of drug-likeness (QED) is 0.402. The molecule has 0 unspecified atom stereocenters. The standard InChI is InChI=1S/C23H25FN4O3/c1-29-20-9-8-16(13-21(20)30-2)10-12-27-23(25)28-15-17-5-4-11-26-22(17)31-19-7-3-6-18(24)14-19/h3-9,11,13-14H,10,12,15H2,1-2H3,(H3,25,27,28). The number of benzene rings is 2. The van der Waals surface area contributed by atoms with Crippen LogP contribution >= 0.6 is 0 Å². The molecule has 0 aliphatic carbocycles. The first-order valence-corrected chi connectivity index (χ1v) is 9.71. The molecular formula is C23H25FN4O3. The SMILES string of the molecule is COc1ccc(CCNC(N)=NCc2cccnc2Oc2cccc(F)c2)cc1OC. The van der Waals surface area contributed by atoms with Crippen molar-refractivity contribution in [2.24, 2.45) is 10.7 Å². The summed E-state index contributed by atoms with van der Waals surface area (Å²) in [6, 6.07) is 15.3. The second-order valence-corrected chi connectivity index (χ2v) is 6.59. The van der Waals surface area contributed by atoms with Crippen LogP contribution in [0.3, 0.4) is 0 Å². The molecule has 3 aromatic rings. The molecule has 8 heteroatoms. The van der Waals surface area contributed by atoms with E-state index >= 15 is 0 Å². The van der Waals surface area contributed by atoms with Gasteiger partial charge in [-0.25, -0.2) is 14.4 Å². The molecule has 1 aromatic heterocycles. The second kappa shape index (κ2) is 10.8. The number of pyridine rings is 1. The summed E-state index contributed by atoms with van der Waals surface area (Å²) in [7, 11) is 3.21. The Hall–Kier alpha value is -3.81. The summed E-state index contributed by atoms with van der Waals surface area (Å²) in [6.45, 7) is 0.873. The van der Waals surface area contributed by atoms with Crippen LogP contribution in [0.4, 0.5) is 4.39 Å². The number of rotatable bonds is 9. The molecule has 2 aromatic carbocycles. The lowest BCUT2D eigenvalue weighted by molar-refractivity contribution is 0.354. The monoisotopic (exact) mass is 424 g/mol. The fourth-order valence-corrected chi connectivity index (χ4v) is 2.88. The van der Waals surface area contributed by atoms with Crippen molar-refractivity contribution >= 4 is 5.96 Å². The maximum absolute atomic E-state index is 13.4. The predicted octanol–water partition coefficient (Wildman–Crippen LogP) is 3.68. The molecule has 0 amide bonds. The van der Waals surface area contributed by atoms with Crippen LogP contribution < -0.4 is 25.3 Å². The normalized spacial score (nSPS) is 11.1. The van der Waals surface area contributed by atoms with Crippen molar-refractivity contribution in [3.8, 4) is 23.1 Å². The Morgan fingerprint density at radius 2 is 1.90 bits per heavy atom. The van der Waals surface area contributed by atoms with E-state index in [1.54, 1.807) is 38.6 Å². The van der Waals surface area contributed by atoms with Gasteiger partial charge in [0.15, 0.2) is 17.5 Å². The Labute approximate surface area is 180 Å². The largest absolute Gasteiger partial charge is 0.493 e. The van der Waals surface area contributed by atoms with Gasteiger partial charge in [-0.2, -0.15) is 0 Å². The number of hydrogen-bond donors (Lipinski definition) is 2. The van der Waals surface area contributed by atoms with Crippen LogP contribution in [0, 0.1) is 5.82 Å². The lowest BCUT2D eigenvalue weighted by Crippen LogP contribution is -2.33. The van der Waals surface area contributed by atoms with Gasteiger partial charge in [-0.1, -0.05) is 18.2 Å². The second-order valence-electron chi connectivity index (χ2n) is 6.59. The highest BCUT2D eigenvalue weighted by Gasteiger charge is 2.07. The number of nitrogens with zero attached hydrogens (tertiary/aromatic N) is 2. The molecule has 31 heavy (non-hydrogen) atoms. The van der Waals surface area contributed by atoms with Crippen molar-refractivity contribution in [1.29, 1.82) is 0 Å². The molecule has 0 atom stereocenters. The zero-order chi connectivity index (χ0) is 22.1. The van der Waals surface area contributed by atoms with E-state index in [4.69, 9.17) is 19.9 Å². The third-order valence-electron chi connectivity index (χ3n) is 4.45. The minimum atomic E-state index is -0.379. The molecule has 162 valence electrons. The Bertz CT molecular complexity index is 1040. The molecule has 0 aliphatic heterocycles. The average Bonchev–Trinajstić information content (AvgIpc) is 2.78. The highest BCUT2D eigenvalue weighted by molar-refractivity contribution is 5.77. The number of halogens is 1. The Kier molecular flexibility index (Phi) is 7.64. The molecule has 0 bridgehead atoms. The van der Waals surface area contributed by atoms with Crippen LogP contribution in [0.15, 0.2) is 65.8 Å². The molecule has 3 N–H and O–H groups in total. The minimum Gasteiger partial charge on any atom is -0.493 e. The topological polar surface area (TPSA) is 91.0 Å². The van der Waals surface area contributed by atoms with E-state index in [2.05, 4.69) is 15.3 Å². The molecule has 0 aliphatic rings. The number of methoxy groups -OCH3 is 2. The van der Waals surface area contributed by atoms with Crippen LogP contribution in [0.5, 0.6) is 23.1 Å². The number of hydrogen-bond acceptors (Lipinski definition) is 5. The summed E-state index contributed by atoms with van der Waals surface area (Å²) in [4.78, 5) is 8.57. The zero-order valence-corrected chi connectivity index (χ0v) is 17.5. The third-order valence-corrected chi connectivity index (χ3v) is 4.45. The summed E-state index contributed by atoms with van der Waals surface area (Å²) in [5, 5.41) is 3.09. The number of nitrogens with two attached hydrogens (primary N) is 1. The van der Waals surface area contributed by atoms with Gasteiger partial charge in [0.25, 0.3) is 0 Å². The van der Waals surface area contributed by atoms with Crippen LogP contribution in [0.2, 0.25) is 0 Å². The number of aliphatic imine (C=N–C) groups is 1. The van der Waals surface area contributed by atoms with Crippen molar-refractivity contribution in [2.75, 3.05) is 20.8 Å². The summed E-state index contributed by atoms with van der Waals surface area (Å²) in [5.74, 6) is 2.02. The van der Waals surface area contributed by atoms with E-state index in [1.165, 1.54) is 12.1 Å². The fourth-order valence-electron chi connectivity index (χ4n) is 2.88. The van der Waals surface area contributed by atoms with Gasteiger partial charge in [0.05, 0.1) is 20.8 Å². The number of ether oxygens (including phenoxy) is 3. The van der Waals surface area contributed by atoms with Crippen molar-refractivity contribution in [1.82, 2.24) is 10.3 Å². The smallest absolute Gasteiger partial charge is 0.224 e. The highest BCUT2D eigenvalue weighted by atomic mass is 19.1. The van der Waals surface area contributed by atoms with Gasteiger partial charge in [-0.3, -0.25) is 0 Å². The summed E-state index contributed by atoms with van der Waals surface area (Å²) < 4.78 is 29.7. The average molecular weight is 424 g/mol. The van der Waals surface area contributed by atoms with Crippen molar-refractivity contribution in [2.45, 2.75) is 13.0 Å². The van der Waals surface area contributed by atoms with E-state index < -0.39 is 0 Å². The van der Waals surface area contributed by atoms with E-state index in [0.717, 1.165) is 17.5 Å². The van der Waals surface area contributed by atoms with Crippen molar-refractivity contribution in [3.63, 3.8) is 0 Å². The van der Waals surface area contributed by atoms with Gasteiger partial charge in [0, 0.05) is 24.4 Å². The third kappa shape index (κ3) is 6.33. The van der Waals surface area contributed by atoms with E-state index in [0.29, 0.717) is 35.6 Å². The van der Waals surface area contributed by atoms with Crippen molar-refractivity contribution in [3.05, 3.63) is 77.7 Å². The van der Waals surface area contributed by atoms with Gasteiger partial charge in [0.2, 0.25) is 5.88 Å². The zero-order valence-electron chi connectivity index (χ0n) is 17.5. The fraction of sp³-hybridized carbons (Fsp3) is 0.217. The maximum atomic E-state index is 13.4. The number of nitrogens with one attached hydrogen (secondary N) is 1. The number of guanidine groups is 1. The molecule has 0 radical (unpaired) electrons. The van der Waals surface area contributed by atoms with Gasteiger partial charge < -0.3 is 25.3 Å². The summed E-state index contributed by atoms with van der Waals surface area (Å²) in [6.07, 6.45) is 2.34. The highest BCUT2D eigenvalue weighted by Crippen LogP contribution is 2.27. The molecule has 1 heterocycles. The summed E-state index contributed by atoms with van der Waals surface area (Å²) in [5.41, 5.74) is 7.81.